The number of aryl methyl sites for hydroxylation is 1. The molecule has 1 fully saturated rings. The van der Waals surface area contributed by atoms with Crippen molar-refractivity contribution in [3.8, 4) is 0 Å². The second-order valence-electron chi connectivity index (χ2n) is 8.07. The number of azide groups is 1. The van der Waals surface area contributed by atoms with Crippen LogP contribution in [0.2, 0.25) is 0 Å². The van der Waals surface area contributed by atoms with Crippen LogP contribution in [0.4, 0.5) is 5.69 Å². The average molecular weight is 535 g/mol. The molecule has 1 aromatic carbocycles. The summed E-state index contributed by atoms with van der Waals surface area (Å²) in [5, 5.41) is 8.64. The molecule has 1 aliphatic heterocycles. The first-order valence-electron chi connectivity index (χ1n) is 12.3. The molecule has 1 aliphatic rings. The van der Waals surface area contributed by atoms with E-state index in [0.717, 1.165) is 5.56 Å². The number of carbonyl (C=O) groups excluding carboxylic acids is 4. The van der Waals surface area contributed by atoms with Crippen molar-refractivity contribution in [2.75, 3.05) is 77.8 Å². The molecule has 2 N–H and O–H groups in total. The zero-order valence-corrected chi connectivity index (χ0v) is 21.3. The van der Waals surface area contributed by atoms with Crippen molar-refractivity contribution in [2.24, 2.45) is 5.11 Å². The molecule has 0 unspecified atom stereocenters. The monoisotopic (exact) mass is 534 g/mol. The Bertz CT molecular complexity index is 952. The van der Waals surface area contributed by atoms with Crippen LogP contribution in [0.3, 0.4) is 0 Å². The fourth-order valence-corrected chi connectivity index (χ4v) is 3.16. The van der Waals surface area contributed by atoms with Gasteiger partial charge in [-0.2, -0.15) is 0 Å². The standard InChI is InChI=1S/C24H34N6O8/c25-29-27-9-12-36-14-16-37-15-13-35-11-8-26-21(31)17-38-18-22(32)28-20-4-1-19(2-5-20)3-6-23(33)30-10-7-24(30)34/h1-2,4-5H,3,6-18H2,(H,26,31)(H,28,32). The van der Waals surface area contributed by atoms with E-state index in [-0.39, 0.29) is 43.9 Å². The molecule has 208 valence electrons. The molecule has 2 rings (SSSR count). The molecule has 1 aromatic rings. The van der Waals surface area contributed by atoms with E-state index in [1.54, 1.807) is 24.3 Å². The highest BCUT2D eigenvalue weighted by atomic mass is 16.5. The summed E-state index contributed by atoms with van der Waals surface area (Å²) < 4.78 is 21.0. The van der Waals surface area contributed by atoms with Gasteiger partial charge in [0, 0.05) is 43.1 Å². The molecule has 14 nitrogen and oxygen atoms in total. The Kier molecular flexibility index (Phi) is 15.1. The Balaban J connectivity index is 1.43. The zero-order chi connectivity index (χ0) is 27.4. The highest BCUT2D eigenvalue weighted by Crippen LogP contribution is 2.14. The van der Waals surface area contributed by atoms with E-state index in [1.165, 1.54) is 4.90 Å². The topological polar surface area (TPSA) is 181 Å². The maximum Gasteiger partial charge on any atom is 0.250 e. The Morgan fingerprint density at radius 3 is 2.21 bits per heavy atom. The number of carbonyl (C=O) groups is 4. The van der Waals surface area contributed by atoms with Gasteiger partial charge in [-0.25, -0.2) is 0 Å². The summed E-state index contributed by atoms with van der Waals surface area (Å²) in [6.07, 6.45) is 1.20. The molecule has 4 amide bonds. The molecule has 0 bridgehead atoms. The first kappa shape index (κ1) is 30.7. The smallest absolute Gasteiger partial charge is 0.250 e. The maximum absolute atomic E-state index is 12.0. The van der Waals surface area contributed by atoms with Crippen molar-refractivity contribution < 1.29 is 38.1 Å². The number of likely N-dealkylation sites (tertiary alicyclic amines) is 1. The first-order chi connectivity index (χ1) is 18.5. The van der Waals surface area contributed by atoms with Crippen LogP contribution in [0, 0.1) is 0 Å². The van der Waals surface area contributed by atoms with Crippen molar-refractivity contribution in [1.82, 2.24) is 10.2 Å². The molecule has 0 radical (unpaired) electrons. The lowest BCUT2D eigenvalue weighted by atomic mass is 10.1. The van der Waals surface area contributed by atoms with E-state index in [0.29, 0.717) is 71.3 Å². The predicted octanol–water partition coefficient (Wildman–Crippen LogP) is 0.810. The van der Waals surface area contributed by atoms with Crippen molar-refractivity contribution in [3.63, 3.8) is 0 Å². The van der Waals surface area contributed by atoms with Gasteiger partial charge in [-0.15, -0.1) is 0 Å². The van der Waals surface area contributed by atoms with E-state index < -0.39 is 5.91 Å². The number of nitrogens with one attached hydrogen (secondary N) is 2. The van der Waals surface area contributed by atoms with E-state index in [9.17, 15) is 19.2 Å². The van der Waals surface area contributed by atoms with Crippen LogP contribution >= 0.6 is 0 Å². The van der Waals surface area contributed by atoms with Crippen LogP contribution in [0.5, 0.6) is 0 Å². The van der Waals surface area contributed by atoms with Crippen molar-refractivity contribution in [1.29, 1.82) is 0 Å². The number of amides is 4. The van der Waals surface area contributed by atoms with Crippen LogP contribution in [0.15, 0.2) is 29.4 Å². The van der Waals surface area contributed by atoms with Crippen LogP contribution < -0.4 is 10.6 Å². The summed E-state index contributed by atoms with van der Waals surface area (Å²) >= 11 is 0. The zero-order valence-electron chi connectivity index (χ0n) is 21.3. The molecule has 1 heterocycles. The van der Waals surface area contributed by atoms with Gasteiger partial charge in [-0.1, -0.05) is 17.2 Å². The van der Waals surface area contributed by atoms with Crippen LogP contribution in [-0.4, -0.2) is 101 Å². The quantitative estimate of drug-likeness (QED) is 0.0810. The molecule has 0 spiro atoms. The third-order valence-electron chi connectivity index (χ3n) is 5.19. The normalized spacial score (nSPS) is 12.4. The minimum Gasteiger partial charge on any atom is -0.379 e. The van der Waals surface area contributed by atoms with E-state index in [1.807, 2.05) is 0 Å². The summed E-state index contributed by atoms with van der Waals surface area (Å²) in [5.41, 5.74) is 9.60. The van der Waals surface area contributed by atoms with Gasteiger partial charge in [0.15, 0.2) is 0 Å². The largest absolute Gasteiger partial charge is 0.379 e. The molecule has 0 atom stereocenters. The molecular weight excluding hydrogens is 500 g/mol. The number of benzene rings is 1. The highest BCUT2D eigenvalue weighted by Gasteiger charge is 2.29. The molecule has 14 heteroatoms. The number of ether oxygens (including phenoxy) is 4. The van der Waals surface area contributed by atoms with Gasteiger partial charge in [0.2, 0.25) is 23.6 Å². The van der Waals surface area contributed by atoms with Crippen molar-refractivity contribution in [2.45, 2.75) is 19.3 Å². The minimum absolute atomic E-state index is 0.125. The number of nitrogens with zero attached hydrogens (tertiary/aromatic N) is 4. The molecule has 38 heavy (non-hydrogen) atoms. The second-order valence-corrected chi connectivity index (χ2v) is 8.07. The van der Waals surface area contributed by atoms with Crippen LogP contribution in [-0.2, 0) is 44.5 Å². The molecule has 1 saturated heterocycles. The Morgan fingerprint density at radius 2 is 1.58 bits per heavy atom. The molecule has 0 aliphatic carbocycles. The van der Waals surface area contributed by atoms with Gasteiger partial charge in [-0.05, 0) is 29.6 Å². The minimum atomic E-state index is -0.401. The van der Waals surface area contributed by atoms with Crippen LogP contribution in [0.1, 0.15) is 18.4 Å². The Hall–Kier alpha value is -3.55. The summed E-state index contributed by atoms with van der Waals surface area (Å²) in [7, 11) is 0. The summed E-state index contributed by atoms with van der Waals surface area (Å²) in [6, 6.07) is 7.03. The lowest BCUT2D eigenvalue weighted by Crippen LogP contribution is -2.47. The van der Waals surface area contributed by atoms with Gasteiger partial charge in [0.05, 0.1) is 39.6 Å². The summed E-state index contributed by atoms with van der Waals surface area (Å²) in [6.45, 7) is 2.74. The number of hydrogen-bond donors (Lipinski definition) is 2. The highest BCUT2D eigenvalue weighted by molar-refractivity contribution is 5.99. The maximum atomic E-state index is 12.0. The Morgan fingerprint density at radius 1 is 0.921 bits per heavy atom. The average Bonchev–Trinajstić information content (AvgIpc) is 2.90. The van der Waals surface area contributed by atoms with Gasteiger partial charge < -0.3 is 29.6 Å². The summed E-state index contributed by atoms with van der Waals surface area (Å²) in [4.78, 5) is 50.9. The lowest BCUT2D eigenvalue weighted by Gasteiger charge is -2.28. The van der Waals surface area contributed by atoms with E-state index >= 15 is 0 Å². The summed E-state index contributed by atoms with van der Waals surface area (Å²) in [5.74, 6) is -1.06. The van der Waals surface area contributed by atoms with Crippen LogP contribution in [0.25, 0.3) is 10.4 Å². The number of anilines is 1. The van der Waals surface area contributed by atoms with E-state index in [2.05, 4.69) is 20.7 Å². The number of β-lactam (4-membered cyclic amide) rings is 1. The number of rotatable bonds is 20. The molecular formula is C24H34N6O8. The Labute approximate surface area is 220 Å². The third-order valence-corrected chi connectivity index (χ3v) is 5.19. The van der Waals surface area contributed by atoms with Gasteiger partial charge in [0.25, 0.3) is 0 Å². The van der Waals surface area contributed by atoms with E-state index in [4.69, 9.17) is 24.5 Å². The fraction of sp³-hybridized carbons (Fsp3) is 0.583. The van der Waals surface area contributed by atoms with Crippen molar-refractivity contribution in [3.05, 3.63) is 40.3 Å². The lowest BCUT2D eigenvalue weighted by molar-refractivity contribution is -0.152. The molecule has 0 saturated carbocycles. The fourth-order valence-electron chi connectivity index (χ4n) is 3.16. The van der Waals surface area contributed by atoms with Gasteiger partial charge in [-0.3, -0.25) is 24.1 Å². The predicted molar refractivity (Wildman–Crippen MR) is 135 cm³/mol. The van der Waals surface area contributed by atoms with Gasteiger partial charge in [0.1, 0.15) is 13.2 Å². The third kappa shape index (κ3) is 13.1. The first-order valence-corrected chi connectivity index (χ1v) is 12.3. The van der Waals surface area contributed by atoms with Gasteiger partial charge >= 0.3 is 0 Å². The number of imide groups is 1. The number of hydrogen-bond acceptors (Lipinski definition) is 9. The molecule has 0 aromatic heterocycles. The van der Waals surface area contributed by atoms with Crippen molar-refractivity contribution >= 4 is 29.3 Å². The second kappa shape index (κ2) is 18.7. The SMILES string of the molecule is [N-]=[N+]=NCCOCCOCCOCCNC(=O)COCC(=O)Nc1ccc(CCC(=O)N2CCC2=O)cc1.